The van der Waals surface area contributed by atoms with E-state index in [1.165, 1.54) is 35.0 Å². The predicted molar refractivity (Wildman–Crippen MR) is 107 cm³/mol. The highest BCUT2D eigenvalue weighted by molar-refractivity contribution is 7.99. The summed E-state index contributed by atoms with van der Waals surface area (Å²) < 4.78 is 0. The van der Waals surface area contributed by atoms with Gasteiger partial charge in [-0.2, -0.15) is 0 Å². The molecule has 1 N–H and O–H groups in total. The number of aryl methyl sites for hydroxylation is 1. The lowest BCUT2D eigenvalue weighted by molar-refractivity contribution is -0.128. The Hall–Kier alpha value is -1.34. The van der Waals surface area contributed by atoms with E-state index in [2.05, 4.69) is 16.9 Å². The van der Waals surface area contributed by atoms with Crippen molar-refractivity contribution in [1.29, 1.82) is 0 Å². The van der Waals surface area contributed by atoms with Crippen LogP contribution in [0.5, 0.6) is 0 Å². The first kappa shape index (κ1) is 18.0. The molecule has 0 aromatic carbocycles. The smallest absolute Gasteiger partial charge is 0.260 e. The summed E-state index contributed by atoms with van der Waals surface area (Å²) in [6.07, 6.45) is 7.77. The third kappa shape index (κ3) is 3.69. The van der Waals surface area contributed by atoms with Gasteiger partial charge in [-0.3, -0.25) is 9.59 Å². The van der Waals surface area contributed by atoms with Gasteiger partial charge in [-0.15, -0.1) is 11.3 Å². The second kappa shape index (κ2) is 7.72. The van der Waals surface area contributed by atoms with E-state index in [1.807, 2.05) is 4.90 Å². The fourth-order valence-electron chi connectivity index (χ4n) is 3.94. The van der Waals surface area contributed by atoms with E-state index in [-0.39, 0.29) is 11.5 Å². The maximum atomic E-state index is 12.6. The highest BCUT2D eigenvalue weighted by atomic mass is 32.2. The Morgan fingerprint density at radius 3 is 2.85 bits per heavy atom. The van der Waals surface area contributed by atoms with Crippen molar-refractivity contribution >= 4 is 39.2 Å². The zero-order valence-corrected chi connectivity index (χ0v) is 16.8. The monoisotopic (exact) mass is 391 g/mol. The standard InChI is InChI=1S/C19H25N3O2S2/c1-12-6-7-13-14(10-12)26-18-16(13)17(24)20-19(21-18)25-11-15(23)22-8-4-2-3-5-9-22/h12H,2-11H2,1H3,(H,20,21,24)/t12-/m1/s1. The number of aromatic amines is 1. The van der Waals surface area contributed by atoms with Crippen molar-refractivity contribution in [3.63, 3.8) is 0 Å². The molecule has 2 aromatic heterocycles. The molecule has 5 nitrogen and oxygen atoms in total. The Bertz CT molecular complexity index is 866. The number of nitrogens with zero attached hydrogens (tertiary/aromatic N) is 2. The molecular weight excluding hydrogens is 366 g/mol. The summed E-state index contributed by atoms with van der Waals surface area (Å²) in [7, 11) is 0. The summed E-state index contributed by atoms with van der Waals surface area (Å²) in [5.41, 5.74) is 1.15. The number of hydrogen-bond donors (Lipinski definition) is 1. The first-order valence-electron chi connectivity index (χ1n) is 9.57. The van der Waals surface area contributed by atoms with Crippen molar-refractivity contribution in [2.45, 2.75) is 57.0 Å². The second-order valence-corrected chi connectivity index (χ2v) is 9.53. The number of H-pyrrole nitrogens is 1. The third-order valence-electron chi connectivity index (χ3n) is 5.43. The van der Waals surface area contributed by atoms with E-state index in [0.29, 0.717) is 16.8 Å². The van der Waals surface area contributed by atoms with Crippen molar-refractivity contribution in [3.8, 4) is 0 Å². The van der Waals surface area contributed by atoms with Crippen molar-refractivity contribution in [2.75, 3.05) is 18.8 Å². The average Bonchev–Trinajstić information content (AvgIpc) is 2.79. The van der Waals surface area contributed by atoms with Gasteiger partial charge in [0.05, 0.1) is 11.1 Å². The molecule has 4 rings (SSSR count). The van der Waals surface area contributed by atoms with Crippen LogP contribution in [-0.4, -0.2) is 39.6 Å². The van der Waals surface area contributed by atoms with Crippen molar-refractivity contribution in [1.82, 2.24) is 14.9 Å². The minimum absolute atomic E-state index is 0.0493. The van der Waals surface area contributed by atoms with E-state index < -0.39 is 0 Å². The molecule has 0 radical (unpaired) electrons. The van der Waals surface area contributed by atoms with Gasteiger partial charge >= 0.3 is 0 Å². The van der Waals surface area contributed by atoms with E-state index in [1.54, 1.807) is 11.3 Å². The normalized spacial score (nSPS) is 20.8. The van der Waals surface area contributed by atoms with Crippen molar-refractivity contribution in [3.05, 3.63) is 20.8 Å². The Kier molecular flexibility index (Phi) is 5.36. The summed E-state index contributed by atoms with van der Waals surface area (Å²) >= 11 is 3.01. The van der Waals surface area contributed by atoms with Gasteiger partial charge in [0, 0.05) is 18.0 Å². The van der Waals surface area contributed by atoms with Gasteiger partial charge in [-0.25, -0.2) is 4.98 Å². The molecule has 1 amide bonds. The molecule has 1 fully saturated rings. The molecule has 1 saturated heterocycles. The maximum absolute atomic E-state index is 12.6. The van der Waals surface area contributed by atoms with Crippen LogP contribution in [0.4, 0.5) is 0 Å². The molecule has 0 saturated carbocycles. The van der Waals surface area contributed by atoms with E-state index in [0.717, 1.165) is 55.4 Å². The third-order valence-corrected chi connectivity index (χ3v) is 7.44. The largest absolute Gasteiger partial charge is 0.342 e. The predicted octanol–water partition coefficient (Wildman–Crippen LogP) is 3.60. The highest BCUT2D eigenvalue weighted by Crippen LogP contribution is 2.36. The summed E-state index contributed by atoms with van der Waals surface area (Å²) in [5.74, 6) is 1.17. The topological polar surface area (TPSA) is 66.1 Å². The van der Waals surface area contributed by atoms with Crippen LogP contribution in [0.25, 0.3) is 10.2 Å². The number of thiophene rings is 1. The fourth-order valence-corrected chi connectivity index (χ4v) is 6.14. The highest BCUT2D eigenvalue weighted by Gasteiger charge is 2.23. The summed E-state index contributed by atoms with van der Waals surface area (Å²) in [4.78, 5) is 36.7. The van der Waals surface area contributed by atoms with Gasteiger partial charge in [-0.1, -0.05) is 31.5 Å². The second-order valence-electron chi connectivity index (χ2n) is 7.49. The van der Waals surface area contributed by atoms with Gasteiger partial charge in [-0.05, 0) is 43.6 Å². The number of aromatic nitrogens is 2. The molecule has 0 bridgehead atoms. The van der Waals surface area contributed by atoms with Crippen molar-refractivity contribution in [2.24, 2.45) is 5.92 Å². The molecule has 140 valence electrons. The van der Waals surface area contributed by atoms with Crippen molar-refractivity contribution < 1.29 is 4.79 Å². The molecule has 1 aliphatic heterocycles. The van der Waals surface area contributed by atoms with Crippen LogP contribution in [0.15, 0.2) is 9.95 Å². The van der Waals surface area contributed by atoms with Crippen LogP contribution in [0, 0.1) is 5.92 Å². The lowest BCUT2D eigenvalue weighted by Gasteiger charge is -2.19. The number of carbonyl (C=O) groups excluding carboxylic acids is 1. The number of carbonyl (C=O) groups is 1. The van der Waals surface area contributed by atoms with Gasteiger partial charge in [0.1, 0.15) is 4.83 Å². The van der Waals surface area contributed by atoms with E-state index >= 15 is 0 Å². The number of fused-ring (bicyclic) bond motifs is 3. The molecule has 2 aliphatic rings. The van der Waals surface area contributed by atoms with E-state index in [9.17, 15) is 9.59 Å². The van der Waals surface area contributed by atoms with Gasteiger partial charge in [0.2, 0.25) is 5.91 Å². The lowest BCUT2D eigenvalue weighted by Crippen LogP contribution is -2.33. The van der Waals surface area contributed by atoms with Crippen LogP contribution in [-0.2, 0) is 17.6 Å². The van der Waals surface area contributed by atoms with E-state index in [4.69, 9.17) is 0 Å². The number of amides is 1. The molecule has 1 aliphatic carbocycles. The molecule has 0 unspecified atom stereocenters. The molecule has 26 heavy (non-hydrogen) atoms. The number of nitrogens with one attached hydrogen (secondary N) is 1. The Labute approximate surface area is 161 Å². The molecule has 1 atom stereocenters. The first-order chi connectivity index (χ1) is 12.6. The SMILES string of the molecule is C[C@@H]1CCc2c(sc3nc(SCC(=O)N4CCCCCC4)[nH]c(=O)c23)C1. The zero-order valence-electron chi connectivity index (χ0n) is 15.2. The summed E-state index contributed by atoms with van der Waals surface area (Å²) in [6, 6.07) is 0. The van der Waals surface area contributed by atoms with Crippen LogP contribution in [0.2, 0.25) is 0 Å². The van der Waals surface area contributed by atoms with Crippen LogP contribution >= 0.6 is 23.1 Å². The number of hydrogen-bond acceptors (Lipinski definition) is 5. The molecule has 0 spiro atoms. The first-order valence-corrected chi connectivity index (χ1v) is 11.4. The summed E-state index contributed by atoms with van der Waals surface area (Å²) in [6.45, 7) is 3.98. The van der Waals surface area contributed by atoms with Gasteiger partial charge in [0.15, 0.2) is 5.16 Å². The quantitative estimate of drug-likeness (QED) is 0.641. The minimum Gasteiger partial charge on any atom is -0.342 e. The fraction of sp³-hybridized carbons (Fsp3) is 0.632. The van der Waals surface area contributed by atoms with Crippen LogP contribution in [0.3, 0.4) is 0 Å². The zero-order chi connectivity index (χ0) is 18.1. The number of thioether (sulfide) groups is 1. The number of likely N-dealkylation sites (tertiary alicyclic amines) is 1. The minimum atomic E-state index is -0.0493. The van der Waals surface area contributed by atoms with Crippen LogP contribution in [0.1, 0.15) is 49.5 Å². The Morgan fingerprint density at radius 2 is 2.08 bits per heavy atom. The maximum Gasteiger partial charge on any atom is 0.260 e. The lowest BCUT2D eigenvalue weighted by atomic mass is 9.89. The van der Waals surface area contributed by atoms with Gasteiger partial charge < -0.3 is 9.88 Å². The Balaban J connectivity index is 1.50. The van der Waals surface area contributed by atoms with Crippen LogP contribution < -0.4 is 5.56 Å². The average molecular weight is 392 g/mol. The molecular formula is C19H25N3O2S2. The summed E-state index contributed by atoms with van der Waals surface area (Å²) in [5, 5.41) is 1.34. The molecule has 2 aromatic rings. The van der Waals surface area contributed by atoms with Gasteiger partial charge in [0.25, 0.3) is 5.56 Å². The Morgan fingerprint density at radius 1 is 1.31 bits per heavy atom. The molecule has 7 heteroatoms. The number of rotatable bonds is 3. The molecule has 3 heterocycles.